The minimum Gasteiger partial charge on any atom is -0.508 e. The van der Waals surface area contributed by atoms with Crippen LogP contribution < -0.4 is 5.63 Å². The number of phenols is 1. The van der Waals surface area contributed by atoms with Crippen molar-refractivity contribution in [3.63, 3.8) is 0 Å². The summed E-state index contributed by atoms with van der Waals surface area (Å²) in [6, 6.07) is 9.38. The quantitative estimate of drug-likeness (QED) is 0.672. The average Bonchev–Trinajstić information content (AvgIpc) is 2.73. The van der Waals surface area contributed by atoms with E-state index in [0.29, 0.717) is 55.0 Å². The van der Waals surface area contributed by atoms with Gasteiger partial charge in [-0.1, -0.05) is 6.07 Å². The second kappa shape index (κ2) is 7.91. The summed E-state index contributed by atoms with van der Waals surface area (Å²) in [5, 5.41) is 10.7. The topological polar surface area (TPSA) is 74.0 Å². The van der Waals surface area contributed by atoms with Crippen LogP contribution in [0, 0.1) is 19.7 Å². The van der Waals surface area contributed by atoms with Gasteiger partial charge in [0.2, 0.25) is 0 Å². The minimum absolute atomic E-state index is 0.0856. The minimum atomic E-state index is -0.457. The number of rotatable bonds is 3. The fourth-order valence-corrected chi connectivity index (χ4v) is 3.80. The number of phenolic OH excluding ortho intramolecular Hbond substituents is 1. The predicted molar refractivity (Wildman–Crippen MR) is 111 cm³/mol. The van der Waals surface area contributed by atoms with Gasteiger partial charge >= 0.3 is 5.63 Å². The number of fused-ring (bicyclic) bond motifs is 1. The number of carbonyl (C=O) groups excluding carboxylic acids is 1. The fraction of sp³-hybridized carbons (Fsp3) is 0.304. The van der Waals surface area contributed by atoms with Crippen molar-refractivity contribution < 1.29 is 18.7 Å². The van der Waals surface area contributed by atoms with Crippen LogP contribution in [-0.2, 0) is 6.54 Å². The van der Waals surface area contributed by atoms with Crippen molar-refractivity contribution in [2.24, 2.45) is 0 Å². The zero-order valence-corrected chi connectivity index (χ0v) is 16.9. The molecule has 156 valence electrons. The van der Waals surface area contributed by atoms with Crippen molar-refractivity contribution in [1.82, 2.24) is 9.80 Å². The largest absolute Gasteiger partial charge is 0.508 e. The summed E-state index contributed by atoms with van der Waals surface area (Å²) in [5.74, 6) is -0.469. The molecule has 0 radical (unpaired) electrons. The highest BCUT2D eigenvalue weighted by Crippen LogP contribution is 2.28. The first-order valence-corrected chi connectivity index (χ1v) is 9.86. The Morgan fingerprint density at radius 2 is 1.83 bits per heavy atom. The van der Waals surface area contributed by atoms with Crippen LogP contribution in [0.5, 0.6) is 5.75 Å². The first-order valence-electron chi connectivity index (χ1n) is 9.86. The summed E-state index contributed by atoms with van der Waals surface area (Å²) < 4.78 is 19.1. The van der Waals surface area contributed by atoms with Gasteiger partial charge < -0.3 is 14.4 Å². The summed E-state index contributed by atoms with van der Waals surface area (Å²) in [4.78, 5) is 28.6. The Morgan fingerprint density at radius 1 is 1.10 bits per heavy atom. The monoisotopic (exact) mass is 410 g/mol. The molecule has 2 aromatic carbocycles. The van der Waals surface area contributed by atoms with Crippen molar-refractivity contribution in [2.75, 3.05) is 26.2 Å². The molecule has 1 aliphatic heterocycles. The van der Waals surface area contributed by atoms with E-state index in [4.69, 9.17) is 4.42 Å². The SMILES string of the molecule is Cc1ccc(C(=O)N2CCN(Cc3cc(=O)oc4c(C)c(O)ccc34)CC2)cc1F. The van der Waals surface area contributed by atoms with Crippen LogP contribution in [0.1, 0.15) is 27.0 Å². The third kappa shape index (κ3) is 3.80. The molecule has 30 heavy (non-hydrogen) atoms. The molecule has 0 saturated carbocycles. The predicted octanol–water partition coefficient (Wildman–Crippen LogP) is 3.21. The van der Waals surface area contributed by atoms with Gasteiger partial charge in [-0.3, -0.25) is 9.69 Å². The van der Waals surface area contributed by atoms with Gasteiger partial charge in [0.25, 0.3) is 5.91 Å². The molecule has 6 nitrogen and oxygen atoms in total. The summed E-state index contributed by atoms with van der Waals surface area (Å²) in [5.41, 5.74) is 2.17. The lowest BCUT2D eigenvalue weighted by Crippen LogP contribution is -2.48. The molecule has 7 heteroatoms. The number of amides is 1. The third-order valence-electron chi connectivity index (χ3n) is 5.69. The molecule has 0 unspecified atom stereocenters. The highest BCUT2D eigenvalue weighted by molar-refractivity contribution is 5.94. The number of aryl methyl sites for hydroxylation is 2. The van der Waals surface area contributed by atoms with Gasteiger partial charge in [0.15, 0.2) is 0 Å². The molecule has 0 bridgehead atoms. The van der Waals surface area contributed by atoms with E-state index in [-0.39, 0.29) is 17.5 Å². The van der Waals surface area contributed by atoms with Gasteiger partial charge in [-0.05, 0) is 49.2 Å². The number of aromatic hydroxyl groups is 1. The lowest BCUT2D eigenvalue weighted by molar-refractivity contribution is 0.0628. The van der Waals surface area contributed by atoms with Gasteiger partial charge in [0, 0.05) is 55.3 Å². The summed E-state index contributed by atoms with van der Waals surface area (Å²) in [6.45, 7) is 6.23. The highest BCUT2D eigenvalue weighted by Gasteiger charge is 2.23. The van der Waals surface area contributed by atoms with Crippen LogP contribution in [0.3, 0.4) is 0 Å². The molecule has 4 rings (SSSR count). The standard InChI is InChI=1S/C23H23FN2O4/c1-14-3-4-16(11-19(14)24)23(29)26-9-7-25(8-10-26)13-17-12-21(28)30-22-15(2)20(27)6-5-18(17)22/h3-6,11-12,27H,7-10,13H2,1-2H3. The van der Waals surface area contributed by atoms with E-state index in [1.165, 1.54) is 12.1 Å². The molecule has 3 aromatic rings. The second-order valence-electron chi connectivity index (χ2n) is 7.71. The molecule has 0 atom stereocenters. The van der Waals surface area contributed by atoms with Crippen molar-refractivity contribution in [3.8, 4) is 5.75 Å². The Kier molecular flexibility index (Phi) is 5.30. The molecule has 2 heterocycles. The van der Waals surface area contributed by atoms with Crippen molar-refractivity contribution in [3.05, 3.63) is 74.9 Å². The molecule has 1 fully saturated rings. The fourth-order valence-electron chi connectivity index (χ4n) is 3.80. The highest BCUT2D eigenvalue weighted by atomic mass is 19.1. The number of piperazine rings is 1. The Hall–Kier alpha value is -3.19. The molecule has 1 saturated heterocycles. The van der Waals surface area contributed by atoms with E-state index in [2.05, 4.69) is 4.90 Å². The molecule has 1 amide bonds. The van der Waals surface area contributed by atoms with Crippen LogP contribution in [0.4, 0.5) is 4.39 Å². The zero-order valence-electron chi connectivity index (χ0n) is 16.9. The van der Waals surface area contributed by atoms with E-state index in [9.17, 15) is 19.1 Å². The Bertz CT molecular complexity index is 1180. The molecule has 1 aromatic heterocycles. The van der Waals surface area contributed by atoms with Crippen LogP contribution in [0.2, 0.25) is 0 Å². The number of carbonyl (C=O) groups is 1. The van der Waals surface area contributed by atoms with Gasteiger partial charge in [-0.25, -0.2) is 9.18 Å². The van der Waals surface area contributed by atoms with Crippen molar-refractivity contribution in [2.45, 2.75) is 20.4 Å². The maximum absolute atomic E-state index is 13.8. The molecule has 0 spiro atoms. The summed E-state index contributed by atoms with van der Waals surface area (Å²) in [6.07, 6.45) is 0. The summed E-state index contributed by atoms with van der Waals surface area (Å²) in [7, 11) is 0. The van der Waals surface area contributed by atoms with Gasteiger partial charge in [-0.2, -0.15) is 0 Å². The molecular formula is C23H23FN2O4. The molecular weight excluding hydrogens is 387 g/mol. The number of benzene rings is 2. The van der Waals surface area contributed by atoms with Crippen molar-refractivity contribution in [1.29, 1.82) is 0 Å². The molecule has 1 aliphatic rings. The maximum atomic E-state index is 13.8. The first kappa shape index (κ1) is 20.1. The van der Waals surface area contributed by atoms with Crippen LogP contribution in [0.25, 0.3) is 11.0 Å². The summed E-state index contributed by atoms with van der Waals surface area (Å²) >= 11 is 0. The van der Waals surface area contributed by atoms with E-state index < -0.39 is 5.63 Å². The van der Waals surface area contributed by atoms with E-state index in [0.717, 1.165) is 10.9 Å². The normalized spacial score (nSPS) is 15.0. The smallest absolute Gasteiger partial charge is 0.336 e. The first-order chi connectivity index (χ1) is 14.3. The van der Waals surface area contributed by atoms with E-state index >= 15 is 0 Å². The Labute approximate surface area is 173 Å². The van der Waals surface area contributed by atoms with Crippen molar-refractivity contribution >= 4 is 16.9 Å². The van der Waals surface area contributed by atoms with E-state index in [1.807, 2.05) is 0 Å². The number of nitrogens with zero attached hydrogens (tertiary/aromatic N) is 2. The van der Waals surface area contributed by atoms with Gasteiger partial charge in [0.05, 0.1) is 0 Å². The van der Waals surface area contributed by atoms with Gasteiger partial charge in [0.1, 0.15) is 17.1 Å². The van der Waals surface area contributed by atoms with Crippen LogP contribution in [-0.4, -0.2) is 47.0 Å². The second-order valence-corrected chi connectivity index (χ2v) is 7.71. The zero-order chi connectivity index (χ0) is 21.4. The lowest BCUT2D eigenvalue weighted by Gasteiger charge is -2.35. The Balaban J connectivity index is 1.48. The van der Waals surface area contributed by atoms with Gasteiger partial charge in [-0.15, -0.1) is 0 Å². The molecule has 0 aliphatic carbocycles. The maximum Gasteiger partial charge on any atom is 0.336 e. The number of hydrogen-bond donors (Lipinski definition) is 1. The third-order valence-corrected chi connectivity index (χ3v) is 5.69. The Morgan fingerprint density at radius 3 is 2.53 bits per heavy atom. The van der Waals surface area contributed by atoms with Crippen LogP contribution in [0.15, 0.2) is 45.6 Å². The average molecular weight is 410 g/mol. The number of halogens is 1. The van der Waals surface area contributed by atoms with Crippen LogP contribution >= 0.6 is 0 Å². The number of hydrogen-bond acceptors (Lipinski definition) is 5. The van der Waals surface area contributed by atoms with E-state index in [1.54, 1.807) is 43.0 Å². The lowest BCUT2D eigenvalue weighted by atomic mass is 10.1. The molecule has 1 N–H and O–H groups in total.